The fraction of sp³-hybridized carbons (Fsp3) is 0.412. The van der Waals surface area contributed by atoms with Crippen LogP contribution < -0.4 is 15.0 Å². The number of anilines is 1. The molecule has 1 aromatic carbocycles. The Balaban J connectivity index is 1.38. The second-order valence-corrected chi connectivity index (χ2v) is 6.84. The van der Waals surface area contributed by atoms with Crippen LogP contribution >= 0.6 is 11.3 Å². The molecule has 0 unspecified atom stereocenters. The van der Waals surface area contributed by atoms with Gasteiger partial charge in [-0.2, -0.15) is 0 Å². The van der Waals surface area contributed by atoms with Crippen LogP contribution in [-0.4, -0.2) is 55.0 Å². The number of hydrogen-bond donors (Lipinski definition) is 1. The first kappa shape index (κ1) is 19.3. The molecule has 0 atom stereocenters. The van der Waals surface area contributed by atoms with Crippen molar-refractivity contribution in [3.8, 4) is 5.75 Å². The summed E-state index contributed by atoms with van der Waals surface area (Å²) < 4.78 is 40.2. The lowest BCUT2D eigenvalue weighted by atomic mass is 10.1. The van der Waals surface area contributed by atoms with E-state index >= 15 is 0 Å². The van der Waals surface area contributed by atoms with Crippen LogP contribution in [0.3, 0.4) is 0 Å². The first-order chi connectivity index (χ1) is 12.9. The van der Waals surface area contributed by atoms with Gasteiger partial charge in [0.1, 0.15) is 5.75 Å². The van der Waals surface area contributed by atoms with Crippen LogP contribution in [-0.2, 0) is 6.42 Å². The number of halogens is 3. The van der Waals surface area contributed by atoms with Crippen LogP contribution in [0.2, 0.25) is 0 Å². The molecule has 6 nitrogen and oxygen atoms in total. The Morgan fingerprint density at radius 1 is 1.19 bits per heavy atom. The summed E-state index contributed by atoms with van der Waals surface area (Å²) in [6.45, 7) is 3.12. The number of carbonyl (C=O) groups is 1. The number of benzene rings is 1. The maximum absolute atomic E-state index is 12.2. The van der Waals surface area contributed by atoms with Crippen LogP contribution in [0.5, 0.6) is 5.75 Å². The van der Waals surface area contributed by atoms with E-state index in [0.717, 1.165) is 23.8 Å². The topological polar surface area (TPSA) is 57.7 Å². The summed E-state index contributed by atoms with van der Waals surface area (Å²) in [6.07, 6.45) is -2.41. The molecule has 146 valence electrons. The van der Waals surface area contributed by atoms with Gasteiger partial charge in [-0.15, -0.1) is 24.5 Å². The van der Waals surface area contributed by atoms with Crippen LogP contribution in [0, 0.1) is 0 Å². The molecule has 0 saturated carbocycles. The zero-order chi connectivity index (χ0) is 19.3. The molecule has 10 heteroatoms. The number of piperazine rings is 1. The third-order valence-electron chi connectivity index (χ3n) is 4.10. The lowest BCUT2D eigenvalue weighted by Gasteiger charge is -2.34. The molecule has 27 heavy (non-hydrogen) atoms. The SMILES string of the molecule is O=C(NCCc1ccc(OC(F)(F)F)cc1)N1CCN(c2nccs2)CC1. The highest BCUT2D eigenvalue weighted by molar-refractivity contribution is 7.13. The number of ether oxygens (including phenoxy) is 1. The van der Waals surface area contributed by atoms with Crippen molar-refractivity contribution in [1.82, 2.24) is 15.2 Å². The Kier molecular flexibility index (Phi) is 6.04. The zero-order valence-corrected chi connectivity index (χ0v) is 15.2. The summed E-state index contributed by atoms with van der Waals surface area (Å²) in [5, 5.41) is 5.74. The summed E-state index contributed by atoms with van der Waals surface area (Å²) in [4.78, 5) is 20.4. The molecule has 1 fully saturated rings. The quantitative estimate of drug-likeness (QED) is 0.838. The average molecular weight is 400 g/mol. The number of nitrogens with zero attached hydrogens (tertiary/aromatic N) is 3. The van der Waals surface area contributed by atoms with Crippen LogP contribution in [0.4, 0.5) is 23.1 Å². The Morgan fingerprint density at radius 2 is 1.89 bits per heavy atom. The van der Waals surface area contributed by atoms with Crippen molar-refractivity contribution in [3.63, 3.8) is 0 Å². The smallest absolute Gasteiger partial charge is 0.406 e. The molecule has 1 aliphatic heterocycles. The Hall–Kier alpha value is -2.49. The molecule has 1 saturated heterocycles. The third kappa shape index (κ3) is 5.75. The molecule has 0 bridgehead atoms. The fourth-order valence-electron chi connectivity index (χ4n) is 2.76. The standard InChI is InChI=1S/C17H19F3N4O2S/c18-17(19,20)26-14-3-1-13(2-4-14)5-6-21-15(25)23-8-10-24(11-9-23)16-22-7-12-27-16/h1-4,7,12H,5-6,8-11H2,(H,21,25). The molecule has 0 spiro atoms. The van der Waals surface area contributed by atoms with Gasteiger partial charge in [-0.3, -0.25) is 0 Å². The summed E-state index contributed by atoms with van der Waals surface area (Å²) in [7, 11) is 0. The molecular formula is C17H19F3N4O2S. The number of amides is 2. The molecule has 2 aromatic rings. The van der Waals surface area contributed by atoms with E-state index in [2.05, 4.69) is 19.9 Å². The number of hydrogen-bond acceptors (Lipinski definition) is 5. The predicted octanol–water partition coefficient (Wildman–Crippen LogP) is 3.12. The Labute approximate surface area is 158 Å². The minimum atomic E-state index is -4.70. The summed E-state index contributed by atoms with van der Waals surface area (Å²) in [5.41, 5.74) is 0.818. The number of urea groups is 1. The van der Waals surface area contributed by atoms with Gasteiger partial charge in [0.05, 0.1) is 0 Å². The van der Waals surface area contributed by atoms with Crippen molar-refractivity contribution >= 4 is 22.5 Å². The highest BCUT2D eigenvalue weighted by atomic mass is 32.1. The minimum absolute atomic E-state index is 0.134. The highest BCUT2D eigenvalue weighted by Gasteiger charge is 2.31. The summed E-state index contributed by atoms with van der Waals surface area (Å²) in [5.74, 6) is -0.256. The first-order valence-electron chi connectivity index (χ1n) is 8.42. The Bertz CT molecular complexity index is 730. The van der Waals surface area contributed by atoms with Crippen molar-refractivity contribution in [2.75, 3.05) is 37.6 Å². The maximum Gasteiger partial charge on any atom is 0.573 e. The number of aromatic nitrogens is 1. The van der Waals surface area contributed by atoms with Gasteiger partial charge in [0.25, 0.3) is 0 Å². The van der Waals surface area contributed by atoms with E-state index in [4.69, 9.17) is 0 Å². The van der Waals surface area contributed by atoms with E-state index in [1.54, 1.807) is 34.6 Å². The normalized spacial score (nSPS) is 14.9. The average Bonchev–Trinajstić information content (AvgIpc) is 3.17. The molecule has 1 N–H and O–H groups in total. The maximum atomic E-state index is 12.2. The van der Waals surface area contributed by atoms with Gasteiger partial charge < -0.3 is 19.9 Å². The number of alkyl halides is 3. The van der Waals surface area contributed by atoms with Gasteiger partial charge in [-0.1, -0.05) is 12.1 Å². The zero-order valence-electron chi connectivity index (χ0n) is 14.4. The van der Waals surface area contributed by atoms with Gasteiger partial charge in [0, 0.05) is 44.3 Å². The summed E-state index contributed by atoms with van der Waals surface area (Å²) >= 11 is 1.58. The molecule has 0 radical (unpaired) electrons. The highest BCUT2D eigenvalue weighted by Crippen LogP contribution is 2.23. The number of thiazole rings is 1. The largest absolute Gasteiger partial charge is 0.573 e. The summed E-state index contributed by atoms with van der Waals surface area (Å²) in [6, 6.07) is 5.51. The van der Waals surface area contributed by atoms with Crippen molar-refractivity contribution < 1.29 is 22.7 Å². The molecule has 1 aromatic heterocycles. The second-order valence-electron chi connectivity index (χ2n) is 5.96. The van der Waals surface area contributed by atoms with Crippen molar-refractivity contribution in [2.24, 2.45) is 0 Å². The number of nitrogens with one attached hydrogen (secondary N) is 1. The lowest BCUT2D eigenvalue weighted by molar-refractivity contribution is -0.274. The molecule has 1 aliphatic rings. The van der Waals surface area contributed by atoms with Crippen molar-refractivity contribution in [2.45, 2.75) is 12.8 Å². The number of rotatable bonds is 5. The van der Waals surface area contributed by atoms with E-state index in [1.807, 2.05) is 5.38 Å². The van der Waals surface area contributed by atoms with Crippen LogP contribution in [0.15, 0.2) is 35.8 Å². The minimum Gasteiger partial charge on any atom is -0.406 e. The predicted molar refractivity (Wildman–Crippen MR) is 96.1 cm³/mol. The third-order valence-corrected chi connectivity index (χ3v) is 4.94. The van der Waals surface area contributed by atoms with Crippen LogP contribution in [0.1, 0.15) is 5.56 Å². The fourth-order valence-corrected chi connectivity index (χ4v) is 3.45. The molecule has 0 aliphatic carbocycles. The number of carbonyl (C=O) groups excluding carboxylic acids is 1. The van der Waals surface area contributed by atoms with E-state index in [-0.39, 0.29) is 11.8 Å². The van der Waals surface area contributed by atoms with Gasteiger partial charge in [-0.25, -0.2) is 9.78 Å². The van der Waals surface area contributed by atoms with Gasteiger partial charge in [-0.05, 0) is 24.1 Å². The van der Waals surface area contributed by atoms with Gasteiger partial charge in [0.15, 0.2) is 5.13 Å². The van der Waals surface area contributed by atoms with Gasteiger partial charge >= 0.3 is 12.4 Å². The molecule has 2 amide bonds. The molecule has 2 heterocycles. The van der Waals surface area contributed by atoms with Crippen LogP contribution in [0.25, 0.3) is 0 Å². The molecule has 3 rings (SSSR count). The lowest BCUT2D eigenvalue weighted by Crippen LogP contribution is -2.52. The van der Waals surface area contributed by atoms with Crippen molar-refractivity contribution in [1.29, 1.82) is 0 Å². The van der Waals surface area contributed by atoms with E-state index in [9.17, 15) is 18.0 Å². The van der Waals surface area contributed by atoms with E-state index in [0.29, 0.717) is 26.1 Å². The second kappa shape index (κ2) is 8.47. The van der Waals surface area contributed by atoms with E-state index in [1.165, 1.54) is 12.1 Å². The first-order valence-corrected chi connectivity index (χ1v) is 9.30. The monoisotopic (exact) mass is 400 g/mol. The van der Waals surface area contributed by atoms with Crippen molar-refractivity contribution in [3.05, 3.63) is 41.4 Å². The van der Waals surface area contributed by atoms with Gasteiger partial charge in [0.2, 0.25) is 0 Å². The van der Waals surface area contributed by atoms with E-state index < -0.39 is 6.36 Å². The Morgan fingerprint density at radius 3 is 2.48 bits per heavy atom. The molecular weight excluding hydrogens is 381 g/mol.